The SMILES string of the molecule is CCNC(=NCc1c(C)nn(C)c1C)Nc1ccc(OC)c(OC)c1.I. The Balaban J connectivity index is 0.00000338. The summed E-state index contributed by atoms with van der Waals surface area (Å²) < 4.78 is 12.5. The van der Waals surface area contributed by atoms with Gasteiger partial charge in [0.25, 0.3) is 0 Å². The van der Waals surface area contributed by atoms with Crippen LogP contribution in [0.3, 0.4) is 0 Å². The fraction of sp³-hybridized carbons (Fsp3) is 0.444. The number of hydrogen-bond donors (Lipinski definition) is 2. The van der Waals surface area contributed by atoms with Crippen LogP contribution in [0.2, 0.25) is 0 Å². The molecule has 0 saturated carbocycles. The summed E-state index contributed by atoms with van der Waals surface area (Å²) >= 11 is 0. The third-order valence-corrected chi connectivity index (χ3v) is 4.04. The Hall–Kier alpha value is -1.97. The van der Waals surface area contributed by atoms with E-state index in [4.69, 9.17) is 9.47 Å². The van der Waals surface area contributed by atoms with E-state index in [0.717, 1.165) is 29.2 Å². The Bertz CT molecular complexity index is 758. The zero-order chi connectivity index (χ0) is 18.4. The summed E-state index contributed by atoms with van der Waals surface area (Å²) in [7, 11) is 5.19. The number of benzene rings is 1. The molecule has 26 heavy (non-hydrogen) atoms. The van der Waals surface area contributed by atoms with E-state index in [1.54, 1.807) is 14.2 Å². The van der Waals surface area contributed by atoms with Crippen LogP contribution in [0.4, 0.5) is 5.69 Å². The Kier molecular flexibility index (Phi) is 8.70. The van der Waals surface area contributed by atoms with E-state index in [1.807, 2.05) is 43.8 Å². The van der Waals surface area contributed by atoms with Crippen LogP contribution < -0.4 is 20.1 Å². The minimum atomic E-state index is 0. The second-order valence-corrected chi connectivity index (χ2v) is 5.66. The van der Waals surface area contributed by atoms with Crippen molar-refractivity contribution < 1.29 is 9.47 Å². The predicted octanol–water partition coefficient (Wildman–Crippen LogP) is 3.25. The average molecular weight is 473 g/mol. The first-order valence-corrected chi connectivity index (χ1v) is 8.26. The molecule has 1 heterocycles. The molecular formula is C18H28IN5O2. The van der Waals surface area contributed by atoms with E-state index < -0.39 is 0 Å². The molecule has 2 N–H and O–H groups in total. The number of aryl methyl sites for hydroxylation is 2. The van der Waals surface area contributed by atoms with Crippen molar-refractivity contribution in [3.05, 3.63) is 35.2 Å². The summed E-state index contributed by atoms with van der Waals surface area (Å²) in [5, 5.41) is 11.0. The van der Waals surface area contributed by atoms with Gasteiger partial charge in [0.2, 0.25) is 0 Å². The Morgan fingerprint density at radius 2 is 1.88 bits per heavy atom. The number of rotatable bonds is 6. The molecule has 0 unspecified atom stereocenters. The summed E-state index contributed by atoms with van der Waals surface area (Å²) in [6.45, 7) is 7.43. The molecule has 0 aliphatic rings. The van der Waals surface area contributed by atoms with Crippen molar-refractivity contribution in [3.8, 4) is 11.5 Å². The van der Waals surface area contributed by atoms with Gasteiger partial charge in [-0.3, -0.25) is 4.68 Å². The second kappa shape index (κ2) is 10.2. The van der Waals surface area contributed by atoms with E-state index in [2.05, 4.69) is 27.6 Å². The third-order valence-electron chi connectivity index (χ3n) is 4.04. The molecule has 8 heteroatoms. The monoisotopic (exact) mass is 473 g/mol. The second-order valence-electron chi connectivity index (χ2n) is 5.66. The van der Waals surface area contributed by atoms with Crippen molar-refractivity contribution in [3.63, 3.8) is 0 Å². The number of methoxy groups -OCH3 is 2. The summed E-state index contributed by atoms with van der Waals surface area (Å²) in [6.07, 6.45) is 0. The summed E-state index contributed by atoms with van der Waals surface area (Å²) in [5.74, 6) is 2.07. The van der Waals surface area contributed by atoms with Gasteiger partial charge in [-0.25, -0.2) is 4.99 Å². The normalized spacial score (nSPS) is 10.9. The van der Waals surface area contributed by atoms with Crippen molar-refractivity contribution >= 4 is 35.6 Å². The lowest BCUT2D eigenvalue weighted by Gasteiger charge is -2.14. The van der Waals surface area contributed by atoms with Crippen molar-refractivity contribution in [2.75, 3.05) is 26.1 Å². The summed E-state index contributed by atoms with van der Waals surface area (Å²) in [4.78, 5) is 4.68. The van der Waals surface area contributed by atoms with Crippen molar-refractivity contribution in [2.24, 2.45) is 12.0 Å². The number of halogens is 1. The van der Waals surface area contributed by atoms with Gasteiger partial charge in [-0.2, -0.15) is 5.10 Å². The van der Waals surface area contributed by atoms with E-state index in [0.29, 0.717) is 24.0 Å². The Morgan fingerprint density at radius 3 is 2.42 bits per heavy atom. The van der Waals surface area contributed by atoms with Crippen molar-refractivity contribution in [1.82, 2.24) is 15.1 Å². The molecule has 0 atom stereocenters. The molecule has 0 fully saturated rings. The minimum Gasteiger partial charge on any atom is -0.493 e. The smallest absolute Gasteiger partial charge is 0.196 e. The maximum absolute atomic E-state index is 5.35. The van der Waals surface area contributed by atoms with Crippen LogP contribution in [0.5, 0.6) is 11.5 Å². The van der Waals surface area contributed by atoms with Gasteiger partial charge in [0.05, 0.1) is 26.5 Å². The standard InChI is InChI=1S/C18H27N5O2.HI/c1-7-19-18(20-11-15-12(2)22-23(4)13(15)3)21-14-8-9-16(24-5)17(10-14)25-6;/h8-10H,7,11H2,1-6H3,(H2,19,20,21);1H. The number of guanidine groups is 1. The molecule has 0 saturated heterocycles. The molecule has 1 aromatic heterocycles. The van der Waals surface area contributed by atoms with E-state index in [-0.39, 0.29) is 24.0 Å². The van der Waals surface area contributed by atoms with Crippen molar-refractivity contribution in [1.29, 1.82) is 0 Å². The largest absolute Gasteiger partial charge is 0.493 e. The predicted molar refractivity (Wildman–Crippen MR) is 116 cm³/mol. The molecule has 0 bridgehead atoms. The first-order valence-electron chi connectivity index (χ1n) is 8.26. The molecule has 0 aliphatic heterocycles. The maximum Gasteiger partial charge on any atom is 0.196 e. The molecule has 2 aromatic rings. The number of ether oxygens (including phenoxy) is 2. The zero-order valence-corrected chi connectivity index (χ0v) is 18.5. The van der Waals surface area contributed by atoms with Crippen LogP contribution in [0.25, 0.3) is 0 Å². The Morgan fingerprint density at radius 1 is 1.19 bits per heavy atom. The number of aliphatic imine (C=N–C) groups is 1. The van der Waals surface area contributed by atoms with Gasteiger partial charge >= 0.3 is 0 Å². The van der Waals surface area contributed by atoms with Crippen LogP contribution in [-0.4, -0.2) is 36.5 Å². The molecule has 7 nitrogen and oxygen atoms in total. The third kappa shape index (κ3) is 5.26. The summed E-state index contributed by atoms with van der Waals surface area (Å²) in [5.41, 5.74) is 4.15. The van der Waals surface area contributed by atoms with Gasteiger partial charge in [-0.1, -0.05) is 0 Å². The number of nitrogens with one attached hydrogen (secondary N) is 2. The van der Waals surface area contributed by atoms with Gasteiger partial charge < -0.3 is 20.1 Å². The number of nitrogens with zero attached hydrogens (tertiary/aromatic N) is 3. The number of anilines is 1. The van der Waals surface area contributed by atoms with Gasteiger partial charge in [-0.15, -0.1) is 24.0 Å². The van der Waals surface area contributed by atoms with Crippen LogP contribution in [0, 0.1) is 13.8 Å². The Labute approximate surface area is 172 Å². The highest BCUT2D eigenvalue weighted by Crippen LogP contribution is 2.29. The van der Waals surface area contributed by atoms with Crippen LogP contribution >= 0.6 is 24.0 Å². The summed E-state index contributed by atoms with van der Waals surface area (Å²) in [6, 6.07) is 5.67. The quantitative estimate of drug-likeness (QED) is 0.383. The van der Waals surface area contributed by atoms with Crippen LogP contribution in [0.15, 0.2) is 23.2 Å². The van der Waals surface area contributed by atoms with Gasteiger partial charge in [-0.05, 0) is 32.9 Å². The number of hydrogen-bond acceptors (Lipinski definition) is 4. The van der Waals surface area contributed by atoms with Crippen LogP contribution in [-0.2, 0) is 13.6 Å². The topological polar surface area (TPSA) is 72.7 Å². The fourth-order valence-corrected chi connectivity index (χ4v) is 2.56. The highest BCUT2D eigenvalue weighted by Gasteiger charge is 2.10. The van der Waals surface area contributed by atoms with E-state index in [1.165, 1.54) is 0 Å². The molecule has 0 amide bonds. The molecular weight excluding hydrogens is 445 g/mol. The minimum absolute atomic E-state index is 0. The van der Waals surface area contributed by atoms with Crippen LogP contribution in [0.1, 0.15) is 23.9 Å². The van der Waals surface area contributed by atoms with E-state index >= 15 is 0 Å². The molecule has 0 spiro atoms. The highest BCUT2D eigenvalue weighted by molar-refractivity contribution is 14.0. The zero-order valence-electron chi connectivity index (χ0n) is 16.2. The first kappa shape index (κ1) is 22.1. The molecule has 1 aromatic carbocycles. The van der Waals surface area contributed by atoms with Gasteiger partial charge in [0, 0.05) is 36.6 Å². The lowest BCUT2D eigenvalue weighted by Crippen LogP contribution is -2.30. The maximum atomic E-state index is 5.35. The lowest BCUT2D eigenvalue weighted by atomic mass is 10.2. The lowest BCUT2D eigenvalue weighted by molar-refractivity contribution is 0.355. The average Bonchev–Trinajstić information content (AvgIpc) is 2.85. The fourth-order valence-electron chi connectivity index (χ4n) is 2.56. The van der Waals surface area contributed by atoms with Crippen molar-refractivity contribution in [2.45, 2.75) is 27.3 Å². The highest BCUT2D eigenvalue weighted by atomic mass is 127. The number of aromatic nitrogens is 2. The molecule has 2 rings (SSSR count). The first-order chi connectivity index (χ1) is 12.0. The molecule has 0 aliphatic carbocycles. The van der Waals surface area contributed by atoms with E-state index in [9.17, 15) is 0 Å². The molecule has 144 valence electrons. The van der Waals surface area contributed by atoms with Gasteiger partial charge in [0.15, 0.2) is 17.5 Å². The molecule has 0 radical (unpaired) electrons. The van der Waals surface area contributed by atoms with Gasteiger partial charge in [0.1, 0.15) is 0 Å².